The second-order valence-electron chi connectivity index (χ2n) is 20.4. The second kappa shape index (κ2) is 39.7. The van der Waals surface area contributed by atoms with Gasteiger partial charge in [-0.1, -0.05) is 156 Å². The Kier molecular flexibility index (Phi) is 38.3. The molecule has 0 aliphatic rings. The Balaban J connectivity index is 3.93. The van der Waals surface area contributed by atoms with E-state index in [-0.39, 0.29) is 34.8 Å². The maximum absolute atomic E-state index is 12.6. The van der Waals surface area contributed by atoms with Gasteiger partial charge in [0, 0.05) is 19.3 Å². The van der Waals surface area contributed by atoms with Crippen LogP contribution in [0, 0.1) is 10.8 Å². The number of allylic oxidation sites excluding steroid dienone is 4. The molecule has 7 heteroatoms. The summed E-state index contributed by atoms with van der Waals surface area (Å²) in [7, 11) is 4.10. The van der Waals surface area contributed by atoms with Gasteiger partial charge in [0.05, 0.1) is 13.2 Å². The number of hydrogen-bond acceptors (Lipinski definition) is 7. The van der Waals surface area contributed by atoms with Crippen molar-refractivity contribution in [2.24, 2.45) is 10.8 Å². The van der Waals surface area contributed by atoms with E-state index in [2.05, 4.69) is 84.8 Å². The molecule has 0 atom stereocenters. The molecule has 0 aromatic rings. The van der Waals surface area contributed by atoms with Gasteiger partial charge in [-0.2, -0.15) is 0 Å². The van der Waals surface area contributed by atoms with Crippen molar-refractivity contribution < 1.29 is 28.6 Å². The summed E-state index contributed by atoms with van der Waals surface area (Å²) in [6.07, 6.45) is 45.2. The Morgan fingerprint density at radius 2 is 0.717 bits per heavy atom. The maximum Gasteiger partial charge on any atom is 0.306 e. The average molecular weight is 846 g/mol. The molecule has 0 radical (unpaired) electrons. The molecule has 0 aliphatic heterocycles. The summed E-state index contributed by atoms with van der Waals surface area (Å²) < 4.78 is 16.7. The van der Waals surface area contributed by atoms with Crippen LogP contribution in [0.3, 0.4) is 0 Å². The van der Waals surface area contributed by atoms with Crippen LogP contribution in [-0.4, -0.2) is 62.8 Å². The van der Waals surface area contributed by atoms with E-state index < -0.39 is 0 Å². The Morgan fingerprint density at radius 1 is 0.417 bits per heavy atom. The summed E-state index contributed by atoms with van der Waals surface area (Å²) in [6, 6.07) is 0. The fourth-order valence-corrected chi connectivity index (χ4v) is 7.06. The lowest BCUT2D eigenvalue weighted by atomic mass is 9.99. The zero-order chi connectivity index (χ0) is 44.6. The summed E-state index contributed by atoms with van der Waals surface area (Å²) in [5.74, 6) is -0.116. The van der Waals surface area contributed by atoms with Crippen LogP contribution in [0.4, 0.5) is 0 Å². The number of carbonyl (C=O) groups is 3. The number of unbranched alkanes of at least 4 members (excludes halogenated alkanes) is 22. The topological polar surface area (TPSA) is 82.1 Å². The van der Waals surface area contributed by atoms with E-state index in [0.29, 0.717) is 32.5 Å². The normalized spacial score (nSPS) is 12.4. The van der Waals surface area contributed by atoms with Crippen LogP contribution in [0.25, 0.3) is 0 Å². The number of carbonyl (C=O) groups excluding carboxylic acids is 3. The predicted octanol–water partition coefficient (Wildman–Crippen LogP) is 15.2. The van der Waals surface area contributed by atoms with Gasteiger partial charge in [0.2, 0.25) is 0 Å². The molecule has 0 N–H and O–H groups in total. The number of nitrogens with zero attached hydrogens (tertiary/aromatic N) is 1. The minimum Gasteiger partial charge on any atom is -0.465 e. The lowest BCUT2D eigenvalue weighted by Crippen LogP contribution is -2.20. The van der Waals surface area contributed by atoms with E-state index in [1.807, 2.05) is 0 Å². The maximum atomic E-state index is 12.6. The van der Waals surface area contributed by atoms with Crippen LogP contribution < -0.4 is 0 Å². The van der Waals surface area contributed by atoms with Crippen LogP contribution >= 0.6 is 0 Å². The first-order valence-electron chi connectivity index (χ1n) is 25.1. The van der Waals surface area contributed by atoms with E-state index >= 15 is 0 Å². The molecule has 0 spiro atoms. The van der Waals surface area contributed by atoms with Crippen LogP contribution in [-0.2, 0) is 28.6 Å². The van der Waals surface area contributed by atoms with E-state index in [1.165, 1.54) is 116 Å². The molecule has 0 bridgehead atoms. The van der Waals surface area contributed by atoms with Crippen molar-refractivity contribution in [3.63, 3.8) is 0 Å². The average Bonchev–Trinajstić information content (AvgIpc) is 3.17. The molecule has 0 amide bonds. The van der Waals surface area contributed by atoms with E-state index in [1.54, 1.807) is 0 Å². The molecule has 0 fully saturated rings. The van der Waals surface area contributed by atoms with Gasteiger partial charge in [-0.15, -0.1) is 0 Å². The Labute approximate surface area is 372 Å². The molecular formula is C53H99NO6. The first-order valence-corrected chi connectivity index (χ1v) is 25.1. The zero-order valence-electron chi connectivity index (χ0n) is 41.0. The van der Waals surface area contributed by atoms with Gasteiger partial charge in [0.25, 0.3) is 0 Å². The van der Waals surface area contributed by atoms with Gasteiger partial charge in [0.15, 0.2) is 0 Å². The standard InChI is InChI=1S/C53H99NO6/c1-52(2,3)46-58-49(55)42-37-33-29-25-21-17-13-9-11-15-19-23-27-31-35-40-48(60-51(57)44-39-45-54(7)8)41-36-32-28-24-20-16-12-10-14-18-22-26-30-34-38-43-50(56)59-47-53(4,5)6/h9-10,13-14,48H,11-12,15-47H2,1-8H3/b13-9-,14-10-. The summed E-state index contributed by atoms with van der Waals surface area (Å²) in [4.78, 5) is 38.4. The highest BCUT2D eigenvalue weighted by atomic mass is 16.5. The molecule has 0 rings (SSSR count). The third-order valence-electron chi connectivity index (χ3n) is 10.7. The highest BCUT2D eigenvalue weighted by molar-refractivity contribution is 5.70. The van der Waals surface area contributed by atoms with Crippen LogP contribution in [0.15, 0.2) is 24.3 Å². The largest absolute Gasteiger partial charge is 0.465 e. The van der Waals surface area contributed by atoms with Crippen molar-refractivity contribution in [2.75, 3.05) is 33.9 Å². The summed E-state index contributed by atoms with van der Waals surface area (Å²) in [6.45, 7) is 14.4. The Hall–Kier alpha value is -2.15. The van der Waals surface area contributed by atoms with Crippen LogP contribution in [0.2, 0.25) is 0 Å². The van der Waals surface area contributed by atoms with E-state index in [9.17, 15) is 14.4 Å². The molecule has 60 heavy (non-hydrogen) atoms. The molecule has 0 heterocycles. The molecule has 0 saturated carbocycles. The van der Waals surface area contributed by atoms with Gasteiger partial charge in [-0.05, 0) is 128 Å². The Bertz CT molecular complexity index is 998. The highest BCUT2D eigenvalue weighted by Gasteiger charge is 2.16. The minimum atomic E-state index is -0.0508. The monoisotopic (exact) mass is 846 g/mol. The van der Waals surface area contributed by atoms with Crippen LogP contribution in [0.1, 0.15) is 247 Å². The van der Waals surface area contributed by atoms with Crippen molar-refractivity contribution in [2.45, 2.75) is 253 Å². The fraction of sp³-hybridized carbons (Fsp3) is 0.868. The van der Waals surface area contributed by atoms with Gasteiger partial charge < -0.3 is 19.1 Å². The molecule has 352 valence electrons. The first-order chi connectivity index (χ1) is 28.7. The quantitative estimate of drug-likeness (QED) is 0.0262. The smallest absolute Gasteiger partial charge is 0.306 e. The molecule has 0 saturated heterocycles. The molecule has 0 aromatic heterocycles. The fourth-order valence-electron chi connectivity index (χ4n) is 7.06. The van der Waals surface area contributed by atoms with Gasteiger partial charge in [0.1, 0.15) is 6.10 Å². The van der Waals surface area contributed by atoms with Gasteiger partial charge in [-0.25, -0.2) is 0 Å². The molecule has 0 aliphatic carbocycles. The summed E-state index contributed by atoms with van der Waals surface area (Å²) in [5, 5.41) is 0. The summed E-state index contributed by atoms with van der Waals surface area (Å²) >= 11 is 0. The van der Waals surface area contributed by atoms with Crippen molar-refractivity contribution in [3.05, 3.63) is 24.3 Å². The number of rotatable bonds is 41. The molecule has 7 nitrogen and oxygen atoms in total. The van der Waals surface area contributed by atoms with Crippen molar-refractivity contribution in [3.8, 4) is 0 Å². The number of esters is 3. The molecule has 0 aromatic carbocycles. The predicted molar refractivity (Wildman–Crippen MR) is 255 cm³/mol. The lowest BCUT2D eigenvalue weighted by molar-refractivity contribution is -0.150. The number of hydrogen-bond donors (Lipinski definition) is 0. The molecular weight excluding hydrogens is 747 g/mol. The minimum absolute atomic E-state index is 0.0145. The first kappa shape index (κ1) is 57.9. The lowest BCUT2D eigenvalue weighted by Gasteiger charge is -2.18. The molecule has 0 unspecified atom stereocenters. The SMILES string of the molecule is CN(C)CCCC(=O)OC(CCCCCCCC/C=C\CCCCCCCC(=O)OCC(C)(C)C)CCCCCCCC/C=C\CCCCCCCC(=O)OCC(C)(C)C. The zero-order valence-corrected chi connectivity index (χ0v) is 41.0. The van der Waals surface area contributed by atoms with Crippen molar-refractivity contribution in [1.82, 2.24) is 4.90 Å². The van der Waals surface area contributed by atoms with Crippen molar-refractivity contribution >= 4 is 17.9 Å². The van der Waals surface area contributed by atoms with Crippen LogP contribution in [0.5, 0.6) is 0 Å². The Morgan fingerprint density at radius 3 is 1.05 bits per heavy atom. The van der Waals surface area contributed by atoms with Gasteiger partial charge >= 0.3 is 17.9 Å². The third kappa shape index (κ3) is 46.9. The number of ether oxygens (including phenoxy) is 3. The second-order valence-corrected chi connectivity index (χ2v) is 20.4. The summed E-state index contributed by atoms with van der Waals surface area (Å²) in [5.41, 5.74) is 0.0770. The van der Waals surface area contributed by atoms with E-state index in [0.717, 1.165) is 77.2 Å². The third-order valence-corrected chi connectivity index (χ3v) is 10.7. The van der Waals surface area contributed by atoms with Gasteiger partial charge in [-0.3, -0.25) is 14.4 Å². The van der Waals surface area contributed by atoms with E-state index in [4.69, 9.17) is 14.2 Å². The highest BCUT2D eigenvalue weighted by Crippen LogP contribution is 2.20. The van der Waals surface area contributed by atoms with Crippen molar-refractivity contribution in [1.29, 1.82) is 0 Å².